The maximum Gasteiger partial charge on any atom is 0.221 e. The summed E-state index contributed by atoms with van der Waals surface area (Å²) < 4.78 is 0. The van der Waals surface area contributed by atoms with Crippen LogP contribution in [-0.2, 0) is 4.79 Å². The first-order chi connectivity index (χ1) is 8.60. The van der Waals surface area contributed by atoms with Gasteiger partial charge in [-0.25, -0.2) is 4.98 Å². The third kappa shape index (κ3) is 2.58. The van der Waals surface area contributed by atoms with Crippen molar-refractivity contribution in [2.24, 2.45) is 0 Å². The van der Waals surface area contributed by atoms with E-state index in [2.05, 4.69) is 16.2 Å². The molecule has 18 heavy (non-hydrogen) atoms. The lowest BCUT2D eigenvalue weighted by Gasteiger charge is -1.97. The molecule has 0 radical (unpaired) electrons. The molecule has 90 valence electrons. The van der Waals surface area contributed by atoms with E-state index < -0.39 is 0 Å². The highest BCUT2D eigenvalue weighted by molar-refractivity contribution is 7.19. The van der Waals surface area contributed by atoms with Crippen molar-refractivity contribution in [1.82, 2.24) is 4.98 Å². The van der Waals surface area contributed by atoms with Gasteiger partial charge in [0.1, 0.15) is 10.0 Å². The maximum absolute atomic E-state index is 11.1. The van der Waals surface area contributed by atoms with Gasteiger partial charge in [0.25, 0.3) is 0 Å². The highest BCUT2D eigenvalue weighted by Crippen LogP contribution is 2.31. The lowest BCUT2D eigenvalue weighted by atomic mass is 10.1. The zero-order chi connectivity index (χ0) is 13.1. The topological polar surface area (TPSA) is 42.0 Å². The normalized spacial score (nSPS) is 9.83. The Bertz CT molecular complexity index is 637. The number of terminal acetylenes is 1. The van der Waals surface area contributed by atoms with Gasteiger partial charge in [-0.15, -0.1) is 6.42 Å². The van der Waals surface area contributed by atoms with Crippen molar-refractivity contribution < 1.29 is 4.79 Å². The molecule has 4 heteroatoms. The van der Waals surface area contributed by atoms with Crippen LogP contribution < -0.4 is 5.32 Å². The van der Waals surface area contributed by atoms with Crippen molar-refractivity contribution in [3.63, 3.8) is 0 Å². The van der Waals surface area contributed by atoms with E-state index in [1.807, 2.05) is 31.2 Å². The number of nitrogens with zero attached hydrogens (tertiary/aromatic N) is 1. The number of hydrogen-bond acceptors (Lipinski definition) is 3. The molecule has 0 saturated carbocycles. The molecule has 0 fully saturated rings. The number of carbonyl (C=O) groups is 1. The Morgan fingerprint density at radius 2 is 2.28 bits per heavy atom. The molecule has 0 aliphatic rings. The molecule has 0 aliphatic carbocycles. The quantitative estimate of drug-likeness (QED) is 0.839. The van der Waals surface area contributed by atoms with Gasteiger partial charge in [-0.2, -0.15) is 0 Å². The number of benzene rings is 1. The van der Waals surface area contributed by atoms with E-state index in [0.29, 0.717) is 0 Å². The third-order valence-electron chi connectivity index (χ3n) is 2.36. The smallest absolute Gasteiger partial charge is 0.221 e. The number of nitrogens with one attached hydrogen (secondary N) is 1. The van der Waals surface area contributed by atoms with Crippen LogP contribution >= 0.6 is 11.3 Å². The summed E-state index contributed by atoms with van der Waals surface area (Å²) in [6.07, 6.45) is 5.37. The molecule has 1 N–H and O–H groups in total. The van der Waals surface area contributed by atoms with Crippen LogP contribution in [0.4, 0.5) is 5.00 Å². The molecule has 1 amide bonds. The van der Waals surface area contributed by atoms with Crippen molar-refractivity contribution in [2.75, 3.05) is 5.32 Å². The van der Waals surface area contributed by atoms with Gasteiger partial charge in [0.15, 0.2) is 0 Å². The second-order valence-corrected chi connectivity index (χ2v) is 4.84. The van der Waals surface area contributed by atoms with Crippen LogP contribution in [0.2, 0.25) is 0 Å². The zero-order valence-corrected chi connectivity index (χ0v) is 11.0. The zero-order valence-electron chi connectivity index (χ0n) is 10.2. The SMILES string of the molecule is C#Cc1cccc(-c2nc(C)c(NC(C)=O)s2)c1. The summed E-state index contributed by atoms with van der Waals surface area (Å²) >= 11 is 1.45. The van der Waals surface area contributed by atoms with E-state index in [-0.39, 0.29) is 5.91 Å². The number of thiazole rings is 1. The second kappa shape index (κ2) is 5.03. The van der Waals surface area contributed by atoms with Crippen LogP contribution in [0.15, 0.2) is 24.3 Å². The first-order valence-corrected chi connectivity index (χ1v) is 6.24. The van der Waals surface area contributed by atoms with Crippen LogP contribution in [0.1, 0.15) is 18.2 Å². The highest BCUT2D eigenvalue weighted by Gasteiger charge is 2.10. The first-order valence-electron chi connectivity index (χ1n) is 5.42. The van der Waals surface area contributed by atoms with Gasteiger partial charge < -0.3 is 5.32 Å². The van der Waals surface area contributed by atoms with Crippen molar-refractivity contribution in [2.45, 2.75) is 13.8 Å². The summed E-state index contributed by atoms with van der Waals surface area (Å²) in [5.74, 6) is 2.51. The molecule has 1 aromatic heterocycles. The Labute approximate surface area is 110 Å². The molecule has 2 aromatic rings. The summed E-state index contributed by atoms with van der Waals surface area (Å²) in [7, 11) is 0. The number of rotatable bonds is 2. The van der Waals surface area contributed by atoms with E-state index in [0.717, 1.165) is 26.8 Å². The molecule has 1 aromatic carbocycles. The summed E-state index contributed by atoms with van der Waals surface area (Å²) in [5.41, 5.74) is 2.60. The van der Waals surface area contributed by atoms with Crippen LogP contribution in [0.3, 0.4) is 0 Å². The van der Waals surface area contributed by atoms with Gasteiger partial charge in [-0.3, -0.25) is 4.79 Å². The van der Waals surface area contributed by atoms with Crippen molar-refractivity contribution in [1.29, 1.82) is 0 Å². The number of carbonyl (C=O) groups excluding carboxylic acids is 1. The molecule has 0 spiro atoms. The fourth-order valence-electron chi connectivity index (χ4n) is 1.54. The van der Waals surface area contributed by atoms with Gasteiger partial charge >= 0.3 is 0 Å². The molecular weight excluding hydrogens is 244 g/mol. The Hall–Kier alpha value is -2.12. The molecule has 0 bridgehead atoms. The van der Waals surface area contributed by atoms with E-state index in [1.54, 1.807) is 0 Å². The summed E-state index contributed by atoms with van der Waals surface area (Å²) in [6, 6.07) is 7.64. The number of anilines is 1. The van der Waals surface area contributed by atoms with Crippen LogP contribution in [0.25, 0.3) is 10.6 Å². The molecule has 0 saturated heterocycles. The monoisotopic (exact) mass is 256 g/mol. The molecule has 0 unspecified atom stereocenters. The Kier molecular flexibility index (Phi) is 3.45. The summed E-state index contributed by atoms with van der Waals surface area (Å²) in [5, 5.41) is 4.40. The molecule has 0 aliphatic heterocycles. The highest BCUT2D eigenvalue weighted by atomic mass is 32.1. The lowest BCUT2D eigenvalue weighted by molar-refractivity contribution is -0.114. The van der Waals surface area contributed by atoms with Crippen molar-refractivity contribution in [3.05, 3.63) is 35.5 Å². The number of aromatic nitrogens is 1. The van der Waals surface area contributed by atoms with Crippen molar-refractivity contribution >= 4 is 22.2 Å². The van der Waals surface area contributed by atoms with Gasteiger partial charge in [0.05, 0.1) is 5.69 Å². The lowest BCUT2D eigenvalue weighted by Crippen LogP contribution is -2.04. The first kappa shape index (κ1) is 12.3. The molecular formula is C14H12N2OS. The number of aryl methyl sites for hydroxylation is 1. The Morgan fingerprint density at radius 3 is 2.94 bits per heavy atom. The van der Waals surface area contributed by atoms with E-state index in [9.17, 15) is 4.79 Å². The predicted octanol–water partition coefficient (Wildman–Crippen LogP) is 3.06. The average Bonchev–Trinajstić information content (AvgIpc) is 2.70. The van der Waals surface area contributed by atoms with Gasteiger partial charge in [-0.1, -0.05) is 29.4 Å². The molecule has 3 nitrogen and oxygen atoms in total. The predicted molar refractivity (Wildman–Crippen MR) is 74.5 cm³/mol. The van der Waals surface area contributed by atoms with E-state index in [4.69, 9.17) is 6.42 Å². The van der Waals surface area contributed by atoms with E-state index >= 15 is 0 Å². The average molecular weight is 256 g/mol. The summed E-state index contributed by atoms with van der Waals surface area (Å²) in [4.78, 5) is 15.5. The minimum atomic E-state index is -0.0920. The summed E-state index contributed by atoms with van der Waals surface area (Å²) in [6.45, 7) is 3.36. The van der Waals surface area contributed by atoms with Gasteiger partial charge in [-0.05, 0) is 19.1 Å². The molecule has 2 rings (SSSR count). The fourth-order valence-corrected chi connectivity index (χ4v) is 2.55. The van der Waals surface area contributed by atoms with Crippen molar-refractivity contribution in [3.8, 4) is 22.9 Å². The fraction of sp³-hybridized carbons (Fsp3) is 0.143. The third-order valence-corrected chi connectivity index (χ3v) is 3.48. The van der Waals surface area contributed by atoms with Gasteiger partial charge in [0, 0.05) is 18.1 Å². The molecule has 1 heterocycles. The minimum absolute atomic E-state index is 0.0920. The number of hydrogen-bond donors (Lipinski definition) is 1. The standard InChI is InChI=1S/C14H12N2OS/c1-4-11-6-5-7-12(8-11)14-15-9(2)13(18-14)16-10(3)17/h1,5-8H,2-3H3,(H,16,17). The Balaban J connectivity index is 2.39. The number of amides is 1. The van der Waals surface area contributed by atoms with Crippen LogP contribution in [0, 0.1) is 19.3 Å². The minimum Gasteiger partial charge on any atom is -0.316 e. The second-order valence-electron chi connectivity index (χ2n) is 3.84. The van der Waals surface area contributed by atoms with Crippen LogP contribution in [0.5, 0.6) is 0 Å². The van der Waals surface area contributed by atoms with Gasteiger partial charge in [0.2, 0.25) is 5.91 Å². The van der Waals surface area contributed by atoms with Crippen LogP contribution in [-0.4, -0.2) is 10.9 Å². The Morgan fingerprint density at radius 1 is 1.50 bits per heavy atom. The molecule has 0 atom stereocenters. The largest absolute Gasteiger partial charge is 0.316 e. The van der Waals surface area contributed by atoms with E-state index in [1.165, 1.54) is 18.3 Å². The maximum atomic E-state index is 11.1.